The molecule has 2 rings (SSSR count). The number of carbonyl (C=O) groups excluding carboxylic acids is 1. The first kappa shape index (κ1) is 16.0. The molecule has 1 aromatic carbocycles. The number of halogens is 1. The van der Waals surface area contributed by atoms with E-state index in [0.717, 1.165) is 11.4 Å². The normalized spacial score (nSPS) is 10.0. The van der Waals surface area contributed by atoms with Gasteiger partial charge in [0.15, 0.2) is 0 Å². The highest BCUT2D eigenvalue weighted by atomic mass is 35.5. The van der Waals surface area contributed by atoms with Gasteiger partial charge in [-0.1, -0.05) is 29.8 Å². The SMILES string of the molecule is C=CCNC(=O)c1cc(NCCc2ccc(Cl)cc2)ncn1. The Labute approximate surface area is 134 Å². The number of carbonyl (C=O) groups is 1. The summed E-state index contributed by atoms with van der Waals surface area (Å²) in [6.45, 7) is 4.66. The first-order chi connectivity index (χ1) is 10.7. The van der Waals surface area contributed by atoms with Crippen LogP contribution in [0.1, 0.15) is 16.1 Å². The second-order valence-corrected chi connectivity index (χ2v) is 5.03. The second kappa shape index (κ2) is 8.14. The van der Waals surface area contributed by atoms with Crippen molar-refractivity contribution < 1.29 is 4.79 Å². The van der Waals surface area contributed by atoms with Crippen LogP contribution in [-0.2, 0) is 6.42 Å². The maximum absolute atomic E-state index is 11.8. The van der Waals surface area contributed by atoms with Gasteiger partial charge in [0.25, 0.3) is 5.91 Å². The van der Waals surface area contributed by atoms with E-state index in [9.17, 15) is 4.79 Å². The molecule has 2 N–H and O–H groups in total. The van der Waals surface area contributed by atoms with Crippen molar-refractivity contribution >= 4 is 23.3 Å². The number of hydrogen-bond acceptors (Lipinski definition) is 4. The Bertz CT molecular complexity index is 643. The maximum atomic E-state index is 11.8. The standard InChI is InChI=1S/C16H17ClN4O/c1-2-8-19-16(22)14-10-15(21-11-20-14)18-9-7-12-3-5-13(17)6-4-12/h2-6,10-11H,1,7-9H2,(H,19,22)(H,18,20,21). The van der Waals surface area contributed by atoms with E-state index in [1.807, 2.05) is 24.3 Å². The van der Waals surface area contributed by atoms with Gasteiger partial charge in [-0.05, 0) is 24.1 Å². The van der Waals surface area contributed by atoms with Gasteiger partial charge in [0.2, 0.25) is 0 Å². The van der Waals surface area contributed by atoms with Crippen LogP contribution in [-0.4, -0.2) is 29.0 Å². The minimum absolute atomic E-state index is 0.247. The molecule has 0 saturated heterocycles. The fourth-order valence-corrected chi connectivity index (χ4v) is 1.95. The molecular weight excluding hydrogens is 300 g/mol. The Morgan fingerprint density at radius 3 is 2.77 bits per heavy atom. The zero-order valence-electron chi connectivity index (χ0n) is 12.1. The summed E-state index contributed by atoms with van der Waals surface area (Å²) in [5, 5.41) is 6.58. The van der Waals surface area contributed by atoms with Gasteiger partial charge in [-0.2, -0.15) is 0 Å². The van der Waals surface area contributed by atoms with Crippen molar-refractivity contribution in [3.63, 3.8) is 0 Å². The van der Waals surface area contributed by atoms with Crippen LogP contribution in [0.4, 0.5) is 5.82 Å². The molecule has 1 amide bonds. The lowest BCUT2D eigenvalue weighted by molar-refractivity contribution is 0.0953. The van der Waals surface area contributed by atoms with Crippen LogP contribution in [0, 0.1) is 0 Å². The van der Waals surface area contributed by atoms with Gasteiger partial charge in [0, 0.05) is 24.2 Å². The molecule has 0 fully saturated rings. The predicted molar refractivity (Wildman–Crippen MR) is 88.2 cm³/mol. The van der Waals surface area contributed by atoms with E-state index >= 15 is 0 Å². The highest BCUT2D eigenvalue weighted by molar-refractivity contribution is 6.30. The Balaban J connectivity index is 1.88. The summed E-state index contributed by atoms with van der Waals surface area (Å²) in [6, 6.07) is 9.32. The zero-order chi connectivity index (χ0) is 15.8. The van der Waals surface area contributed by atoms with Crippen LogP contribution in [0.3, 0.4) is 0 Å². The van der Waals surface area contributed by atoms with Crippen LogP contribution < -0.4 is 10.6 Å². The molecular formula is C16H17ClN4O. The fraction of sp³-hybridized carbons (Fsp3) is 0.188. The Morgan fingerprint density at radius 1 is 1.27 bits per heavy atom. The largest absolute Gasteiger partial charge is 0.370 e. The molecule has 0 bridgehead atoms. The van der Waals surface area contributed by atoms with Crippen molar-refractivity contribution in [3.8, 4) is 0 Å². The third-order valence-corrected chi connectivity index (χ3v) is 3.19. The van der Waals surface area contributed by atoms with Crippen LogP contribution >= 0.6 is 11.6 Å². The van der Waals surface area contributed by atoms with E-state index in [-0.39, 0.29) is 5.91 Å². The Kier molecular flexibility index (Phi) is 5.91. The molecule has 0 aliphatic heterocycles. The number of benzene rings is 1. The van der Waals surface area contributed by atoms with Crippen molar-refractivity contribution in [3.05, 3.63) is 65.6 Å². The van der Waals surface area contributed by atoms with Gasteiger partial charge >= 0.3 is 0 Å². The van der Waals surface area contributed by atoms with E-state index in [2.05, 4.69) is 27.2 Å². The molecule has 0 unspecified atom stereocenters. The predicted octanol–water partition coefficient (Wildman–Crippen LogP) is 2.70. The zero-order valence-corrected chi connectivity index (χ0v) is 12.8. The van der Waals surface area contributed by atoms with Crippen LogP contribution in [0.15, 0.2) is 49.3 Å². The summed E-state index contributed by atoms with van der Waals surface area (Å²) in [5.74, 6) is 0.371. The number of aromatic nitrogens is 2. The molecule has 1 aromatic heterocycles. The molecule has 0 atom stereocenters. The van der Waals surface area contributed by atoms with Crippen molar-refractivity contribution in [1.82, 2.24) is 15.3 Å². The molecule has 22 heavy (non-hydrogen) atoms. The number of hydrogen-bond donors (Lipinski definition) is 2. The van der Waals surface area contributed by atoms with Crippen LogP contribution in [0.2, 0.25) is 5.02 Å². The monoisotopic (exact) mass is 316 g/mol. The molecule has 2 aromatic rings. The summed E-state index contributed by atoms with van der Waals surface area (Å²) >= 11 is 5.85. The lowest BCUT2D eigenvalue weighted by Crippen LogP contribution is -2.24. The van der Waals surface area contributed by atoms with Crippen LogP contribution in [0.25, 0.3) is 0 Å². The molecule has 0 spiro atoms. The van der Waals surface area contributed by atoms with E-state index in [1.165, 1.54) is 11.9 Å². The van der Waals surface area contributed by atoms with Gasteiger partial charge in [0.1, 0.15) is 17.8 Å². The maximum Gasteiger partial charge on any atom is 0.270 e. The molecule has 1 heterocycles. The van der Waals surface area contributed by atoms with E-state index in [0.29, 0.717) is 24.6 Å². The van der Waals surface area contributed by atoms with Gasteiger partial charge in [0.05, 0.1) is 0 Å². The van der Waals surface area contributed by atoms with Crippen molar-refractivity contribution in [2.24, 2.45) is 0 Å². The van der Waals surface area contributed by atoms with Gasteiger partial charge in [-0.25, -0.2) is 9.97 Å². The Hall–Kier alpha value is -2.40. The number of nitrogens with one attached hydrogen (secondary N) is 2. The average molecular weight is 317 g/mol. The molecule has 0 aliphatic rings. The van der Waals surface area contributed by atoms with Gasteiger partial charge < -0.3 is 10.6 Å². The third kappa shape index (κ3) is 4.86. The third-order valence-electron chi connectivity index (χ3n) is 2.94. The summed E-state index contributed by atoms with van der Waals surface area (Å²) in [4.78, 5) is 19.9. The summed E-state index contributed by atoms with van der Waals surface area (Å²) in [5.41, 5.74) is 1.50. The molecule has 0 saturated carbocycles. The average Bonchev–Trinajstić information content (AvgIpc) is 2.55. The Morgan fingerprint density at radius 2 is 2.05 bits per heavy atom. The summed E-state index contributed by atoms with van der Waals surface area (Å²) in [7, 11) is 0. The highest BCUT2D eigenvalue weighted by Crippen LogP contribution is 2.10. The first-order valence-corrected chi connectivity index (χ1v) is 7.26. The van der Waals surface area contributed by atoms with Gasteiger partial charge in [-0.3, -0.25) is 4.79 Å². The van der Waals surface area contributed by atoms with E-state index < -0.39 is 0 Å². The number of nitrogens with zero attached hydrogens (tertiary/aromatic N) is 2. The minimum atomic E-state index is -0.247. The number of rotatable bonds is 7. The van der Waals surface area contributed by atoms with Crippen molar-refractivity contribution in [2.75, 3.05) is 18.4 Å². The van der Waals surface area contributed by atoms with Crippen molar-refractivity contribution in [2.45, 2.75) is 6.42 Å². The molecule has 0 aliphatic carbocycles. The molecule has 5 nitrogen and oxygen atoms in total. The number of amides is 1. The van der Waals surface area contributed by atoms with Crippen LogP contribution in [0.5, 0.6) is 0 Å². The van der Waals surface area contributed by atoms with E-state index in [4.69, 9.17) is 11.6 Å². The lowest BCUT2D eigenvalue weighted by atomic mass is 10.1. The van der Waals surface area contributed by atoms with Crippen molar-refractivity contribution in [1.29, 1.82) is 0 Å². The molecule has 114 valence electrons. The number of anilines is 1. The lowest BCUT2D eigenvalue weighted by Gasteiger charge is -2.07. The topological polar surface area (TPSA) is 66.9 Å². The quantitative estimate of drug-likeness (QED) is 0.771. The highest BCUT2D eigenvalue weighted by Gasteiger charge is 2.07. The van der Waals surface area contributed by atoms with Gasteiger partial charge in [-0.15, -0.1) is 6.58 Å². The molecule has 0 radical (unpaired) electrons. The summed E-state index contributed by atoms with van der Waals surface area (Å²) in [6.07, 6.45) is 3.82. The minimum Gasteiger partial charge on any atom is -0.370 e. The fourth-order valence-electron chi connectivity index (χ4n) is 1.82. The summed E-state index contributed by atoms with van der Waals surface area (Å²) < 4.78 is 0. The van der Waals surface area contributed by atoms with E-state index in [1.54, 1.807) is 12.1 Å². The molecule has 6 heteroatoms. The second-order valence-electron chi connectivity index (χ2n) is 4.59. The smallest absolute Gasteiger partial charge is 0.270 e. The first-order valence-electron chi connectivity index (χ1n) is 6.88.